The first-order valence-corrected chi connectivity index (χ1v) is 10.4. The van der Waals surface area contributed by atoms with Crippen molar-refractivity contribution in [1.82, 2.24) is 14.9 Å². The lowest BCUT2D eigenvalue weighted by Crippen LogP contribution is -2.47. The van der Waals surface area contributed by atoms with Crippen LogP contribution in [0.3, 0.4) is 0 Å². The smallest absolute Gasteiger partial charge is 0.158 e. The molecule has 1 fully saturated rings. The molecule has 0 amide bonds. The van der Waals surface area contributed by atoms with Crippen LogP contribution in [0, 0.1) is 0 Å². The Hall–Kier alpha value is -2.06. The number of methoxy groups -OCH3 is 1. The van der Waals surface area contributed by atoms with E-state index in [2.05, 4.69) is 53.8 Å². The molecule has 148 valence electrons. The van der Waals surface area contributed by atoms with Crippen molar-refractivity contribution < 1.29 is 9.47 Å². The summed E-state index contributed by atoms with van der Waals surface area (Å²) < 4.78 is 11.3. The zero-order valence-electron chi connectivity index (χ0n) is 16.5. The van der Waals surface area contributed by atoms with Crippen LogP contribution in [0.1, 0.15) is 12.7 Å². The van der Waals surface area contributed by atoms with Crippen molar-refractivity contribution in [2.45, 2.75) is 25.7 Å². The fourth-order valence-electron chi connectivity index (χ4n) is 3.54. The van der Waals surface area contributed by atoms with Crippen molar-refractivity contribution in [3.63, 3.8) is 0 Å². The van der Waals surface area contributed by atoms with Gasteiger partial charge in [0.1, 0.15) is 17.3 Å². The van der Waals surface area contributed by atoms with Crippen LogP contribution in [0.2, 0.25) is 0 Å². The molecule has 3 heterocycles. The molecule has 0 aliphatic carbocycles. The van der Waals surface area contributed by atoms with Crippen molar-refractivity contribution in [3.8, 4) is 11.1 Å². The van der Waals surface area contributed by atoms with E-state index < -0.39 is 0 Å². The third-order valence-electron chi connectivity index (χ3n) is 5.06. The van der Waals surface area contributed by atoms with Gasteiger partial charge in [-0.05, 0) is 19.5 Å². The first-order valence-electron chi connectivity index (χ1n) is 9.55. The monoisotopic (exact) mass is 398 g/mol. The summed E-state index contributed by atoms with van der Waals surface area (Å²) in [7, 11) is 3.80. The standard InChI is InChI=1S/C21H26N4O2S/c1-14(17-11-25(2)9-10-27-17)22-20-19-16(15-7-5-4-6-8-15)13-28-21(19)24-18(23-20)12-26-3/h4-8,13-14,17H,9-12H2,1-3H3,(H,22,23,24). The van der Waals surface area contributed by atoms with Crippen LogP contribution in [0.15, 0.2) is 35.7 Å². The summed E-state index contributed by atoms with van der Waals surface area (Å²) in [6.07, 6.45) is 0.119. The summed E-state index contributed by atoms with van der Waals surface area (Å²) >= 11 is 1.64. The highest BCUT2D eigenvalue weighted by Gasteiger charge is 2.25. The SMILES string of the molecule is COCc1nc(NC(C)C2CN(C)CCO2)c2c(-c3ccccc3)csc2n1. The quantitative estimate of drug-likeness (QED) is 0.684. The summed E-state index contributed by atoms with van der Waals surface area (Å²) in [5.74, 6) is 1.54. The van der Waals surface area contributed by atoms with E-state index in [-0.39, 0.29) is 12.1 Å². The Morgan fingerprint density at radius 1 is 1.32 bits per heavy atom. The molecule has 28 heavy (non-hydrogen) atoms. The van der Waals surface area contributed by atoms with Gasteiger partial charge in [-0.2, -0.15) is 0 Å². The van der Waals surface area contributed by atoms with Gasteiger partial charge in [-0.15, -0.1) is 11.3 Å². The number of nitrogens with zero attached hydrogens (tertiary/aromatic N) is 3. The van der Waals surface area contributed by atoms with Crippen molar-refractivity contribution in [1.29, 1.82) is 0 Å². The fourth-order valence-corrected chi connectivity index (χ4v) is 4.50. The van der Waals surface area contributed by atoms with E-state index in [4.69, 9.17) is 19.4 Å². The molecule has 2 atom stereocenters. The van der Waals surface area contributed by atoms with Gasteiger partial charge >= 0.3 is 0 Å². The van der Waals surface area contributed by atoms with E-state index in [9.17, 15) is 0 Å². The van der Waals surface area contributed by atoms with E-state index in [1.54, 1.807) is 18.4 Å². The minimum absolute atomic E-state index is 0.119. The molecule has 1 aliphatic heterocycles. The largest absolute Gasteiger partial charge is 0.377 e. The molecule has 7 heteroatoms. The van der Waals surface area contributed by atoms with Gasteiger partial charge in [-0.3, -0.25) is 0 Å². The molecule has 0 radical (unpaired) electrons. The highest BCUT2D eigenvalue weighted by atomic mass is 32.1. The topological polar surface area (TPSA) is 59.5 Å². The Balaban J connectivity index is 1.73. The summed E-state index contributed by atoms with van der Waals surface area (Å²) in [5, 5.41) is 6.84. The number of ether oxygens (including phenoxy) is 2. The zero-order valence-corrected chi connectivity index (χ0v) is 17.3. The number of anilines is 1. The average Bonchev–Trinajstić information content (AvgIpc) is 3.13. The third kappa shape index (κ3) is 4.03. The van der Waals surface area contributed by atoms with Gasteiger partial charge in [0.15, 0.2) is 5.82 Å². The second kappa shape index (κ2) is 8.53. The van der Waals surface area contributed by atoms with E-state index in [0.717, 1.165) is 41.3 Å². The third-order valence-corrected chi connectivity index (χ3v) is 5.93. The molecular weight excluding hydrogens is 372 g/mol. The highest BCUT2D eigenvalue weighted by Crippen LogP contribution is 2.37. The van der Waals surface area contributed by atoms with Crippen molar-refractivity contribution in [2.75, 3.05) is 39.2 Å². The molecule has 1 aromatic carbocycles. The Morgan fingerprint density at radius 3 is 2.89 bits per heavy atom. The summed E-state index contributed by atoms with van der Waals surface area (Å²) in [6, 6.07) is 10.5. The summed E-state index contributed by atoms with van der Waals surface area (Å²) in [4.78, 5) is 12.8. The van der Waals surface area contributed by atoms with Gasteiger partial charge < -0.3 is 19.7 Å². The number of hydrogen-bond donors (Lipinski definition) is 1. The molecule has 0 spiro atoms. The van der Waals surface area contributed by atoms with Crippen LogP contribution in [0.5, 0.6) is 0 Å². The number of benzene rings is 1. The predicted octanol–water partition coefficient (Wildman–Crippen LogP) is 3.64. The highest BCUT2D eigenvalue weighted by molar-refractivity contribution is 7.17. The Bertz CT molecular complexity index is 931. The second-order valence-corrected chi connectivity index (χ2v) is 8.08. The summed E-state index contributed by atoms with van der Waals surface area (Å²) in [5.41, 5.74) is 2.32. The van der Waals surface area contributed by atoms with Crippen molar-refractivity contribution in [3.05, 3.63) is 41.5 Å². The maximum Gasteiger partial charge on any atom is 0.158 e. The van der Waals surface area contributed by atoms with E-state index in [0.29, 0.717) is 12.4 Å². The molecule has 1 aliphatic rings. The number of morpholine rings is 1. The molecule has 3 aromatic rings. The van der Waals surface area contributed by atoms with Crippen LogP contribution in [-0.4, -0.2) is 60.9 Å². The zero-order chi connectivity index (χ0) is 19.5. The molecule has 1 saturated heterocycles. The van der Waals surface area contributed by atoms with Gasteiger partial charge in [-0.25, -0.2) is 9.97 Å². The molecule has 4 rings (SSSR count). The first-order chi connectivity index (χ1) is 13.7. The molecule has 2 unspecified atom stereocenters. The Morgan fingerprint density at radius 2 is 2.14 bits per heavy atom. The lowest BCUT2D eigenvalue weighted by Gasteiger charge is -2.34. The maximum absolute atomic E-state index is 6.00. The van der Waals surface area contributed by atoms with Gasteiger partial charge in [0.25, 0.3) is 0 Å². The molecule has 2 aromatic heterocycles. The molecular formula is C21H26N4O2S. The minimum Gasteiger partial charge on any atom is -0.377 e. The van der Waals surface area contributed by atoms with Crippen molar-refractivity contribution >= 4 is 27.4 Å². The average molecular weight is 399 g/mol. The molecule has 1 N–H and O–H groups in total. The number of aromatic nitrogens is 2. The van der Waals surface area contributed by atoms with E-state index in [1.807, 2.05) is 6.07 Å². The predicted molar refractivity (Wildman–Crippen MR) is 114 cm³/mol. The van der Waals surface area contributed by atoms with Gasteiger partial charge in [-0.1, -0.05) is 30.3 Å². The molecule has 6 nitrogen and oxygen atoms in total. The maximum atomic E-state index is 6.00. The minimum atomic E-state index is 0.119. The van der Waals surface area contributed by atoms with Crippen LogP contribution in [-0.2, 0) is 16.1 Å². The number of nitrogens with one attached hydrogen (secondary N) is 1. The second-order valence-electron chi connectivity index (χ2n) is 7.22. The van der Waals surface area contributed by atoms with Crippen molar-refractivity contribution in [2.24, 2.45) is 0 Å². The number of hydrogen-bond acceptors (Lipinski definition) is 7. The number of thiophene rings is 1. The van der Waals surface area contributed by atoms with Crippen LogP contribution in [0.4, 0.5) is 5.82 Å². The van der Waals surface area contributed by atoms with Gasteiger partial charge in [0.05, 0.1) is 24.1 Å². The normalized spacial score (nSPS) is 19.0. The van der Waals surface area contributed by atoms with Gasteiger partial charge in [0, 0.05) is 31.1 Å². The molecule has 0 bridgehead atoms. The Labute approximate surface area is 169 Å². The van der Waals surface area contributed by atoms with Crippen LogP contribution in [0.25, 0.3) is 21.3 Å². The lowest BCUT2D eigenvalue weighted by atomic mass is 10.1. The molecule has 0 saturated carbocycles. The van der Waals surface area contributed by atoms with E-state index in [1.165, 1.54) is 5.56 Å². The van der Waals surface area contributed by atoms with Crippen LogP contribution >= 0.6 is 11.3 Å². The lowest BCUT2D eigenvalue weighted by molar-refractivity contribution is -0.0259. The number of fused-ring (bicyclic) bond motifs is 1. The van der Waals surface area contributed by atoms with Crippen LogP contribution < -0.4 is 5.32 Å². The fraction of sp³-hybridized carbons (Fsp3) is 0.429. The first kappa shape index (κ1) is 19.3. The number of likely N-dealkylation sites (N-methyl/N-ethyl adjacent to an activating group) is 1. The Kier molecular flexibility index (Phi) is 5.87. The van der Waals surface area contributed by atoms with E-state index >= 15 is 0 Å². The van der Waals surface area contributed by atoms with Gasteiger partial charge in [0.2, 0.25) is 0 Å². The summed E-state index contributed by atoms with van der Waals surface area (Å²) in [6.45, 7) is 5.18. The number of rotatable bonds is 6.